The Balaban J connectivity index is 1.47. The van der Waals surface area contributed by atoms with Crippen molar-refractivity contribution in [1.29, 1.82) is 0 Å². The third-order valence-electron chi connectivity index (χ3n) is 5.48. The van der Waals surface area contributed by atoms with E-state index in [1.165, 1.54) is 6.07 Å². The van der Waals surface area contributed by atoms with Gasteiger partial charge in [-0.25, -0.2) is 4.39 Å². The van der Waals surface area contributed by atoms with Gasteiger partial charge in [-0.15, -0.1) is 0 Å². The molecule has 7 heteroatoms. The van der Waals surface area contributed by atoms with Crippen LogP contribution in [0, 0.1) is 5.82 Å². The monoisotopic (exact) mass is 434 g/mol. The van der Waals surface area contributed by atoms with E-state index in [0.29, 0.717) is 17.9 Å². The SMILES string of the molecule is O=C(O)CCc1ccc(OCc2cccc3c2N(C(=O)Cc2cccnc2)CC3)cc1F. The molecule has 0 fully saturated rings. The normalized spacial score (nSPS) is 12.5. The standard InChI is InChI=1S/C25H23FN2O4/c26-22-14-21(8-6-18(22)7-9-24(30)31)32-16-20-5-1-4-19-10-12-28(25(19)20)23(29)13-17-3-2-11-27-15-17/h1-6,8,11,14-15H,7,9-10,12-13,16H2,(H,30,31). The van der Waals surface area contributed by atoms with Crippen LogP contribution in [0.4, 0.5) is 10.1 Å². The maximum atomic E-state index is 14.3. The van der Waals surface area contributed by atoms with E-state index in [9.17, 15) is 14.0 Å². The highest BCUT2D eigenvalue weighted by molar-refractivity contribution is 5.97. The van der Waals surface area contributed by atoms with Crippen LogP contribution in [0.5, 0.6) is 5.75 Å². The van der Waals surface area contributed by atoms with Gasteiger partial charge >= 0.3 is 5.97 Å². The van der Waals surface area contributed by atoms with Crippen LogP contribution in [0.1, 0.15) is 28.7 Å². The zero-order chi connectivity index (χ0) is 22.5. The first-order chi connectivity index (χ1) is 15.5. The van der Waals surface area contributed by atoms with Crippen LogP contribution in [0.25, 0.3) is 0 Å². The molecule has 1 N–H and O–H groups in total. The van der Waals surface area contributed by atoms with Crippen LogP contribution < -0.4 is 9.64 Å². The second-order valence-corrected chi connectivity index (χ2v) is 7.69. The van der Waals surface area contributed by atoms with Crippen molar-refractivity contribution in [1.82, 2.24) is 4.98 Å². The van der Waals surface area contributed by atoms with Crippen molar-refractivity contribution in [2.45, 2.75) is 32.3 Å². The van der Waals surface area contributed by atoms with Crippen LogP contribution in [0.3, 0.4) is 0 Å². The fraction of sp³-hybridized carbons (Fsp3) is 0.240. The minimum Gasteiger partial charge on any atom is -0.489 e. The molecule has 0 saturated carbocycles. The highest BCUT2D eigenvalue weighted by atomic mass is 19.1. The Hall–Kier alpha value is -3.74. The first kappa shape index (κ1) is 21.5. The van der Waals surface area contributed by atoms with Gasteiger partial charge in [-0.05, 0) is 41.7 Å². The first-order valence-electron chi connectivity index (χ1n) is 10.4. The van der Waals surface area contributed by atoms with Gasteiger partial charge < -0.3 is 14.7 Å². The van der Waals surface area contributed by atoms with Gasteiger partial charge in [-0.2, -0.15) is 0 Å². The second kappa shape index (κ2) is 9.60. The fourth-order valence-corrected chi connectivity index (χ4v) is 3.90. The molecular formula is C25H23FN2O4. The molecule has 1 amide bonds. The number of benzene rings is 2. The van der Waals surface area contributed by atoms with Gasteiger partial charge in [0, 0.05) is 37.0 Å². The van der Waals surface area contributed by atoms with Crippen LogP contribution in [-0.2, 0) is 35.5 Å². The van der Waals surface area contributed by atoms with Gasteiger partial charge in [0.1, 0.15) is 18.2 Å². The summed E-state index contributed by atoms with van der Waals surface area (Å²) in [5.74, 6) is -1.11. The number of amides is 1. The van der Waals surface area contributed by atoms with E-state index in [0.717, 1.165) is 28.8 Å². The lowest BCUT2D eigenvalue weighted by Gasteiger charge is -2.21. The molecule has 1 aliphatic heterocycles. The Morgan fingerprint density at radius 3 is 2.75 bits per heavy atom. The molecule has 1 aromatic heterocycles. The van der Waals surface area contributed by atoms with E-state index in [1.54, 1.807) is 29.4 Å². The number of para-hydroxylation sites is 1. The third-order valence-corrected chi connectivity index (χ3v) is 5.48. The van der Waals surface area contributed by atoms with Crippen molar-refractivity contribution in [3.8, 4) is 5.75 Å². The quantitative estimate of drug-likeness (QED) is 0.581. The number of carboxylic acids is 1. The molecule has 32 heavy (non-hydrogen) atoms. The Morgan fingerprint density at radius 1 is 1.12 bits per heavy atom. The number of halogens is 1. The summed E-state index contributed by atoms with van der Waals surface area (Å²) in [7, 11) is 0. The molecule has 3 aromatic rings. The lowest BCUT2D eigenvalue weighted by Crippen LogP contribution is -2.31. The van der Waals surface area contributed by atoms with Gasteiger partial charge in [0.2, 0.25) is 5.91 Å². The Labute approximate surface area is 185 Å². The number of hydrogen-bond acceptors (Lipinski definition) is 4. The predicted molar refractivity (Wildman–Crippen MR) is 117 cm³/mol. The molecule has 2 aromatic carbocycles. The number of carbonyl (C=O) groups is 2. The molecule has 0 unspecified atom stereocenters. The molecule has 1 aliphatic rings. The number of fused-ring (bicyclic) bond motifs is 1. The molecular weight excluding hydrogens is 411 g/mol. The largest absolute Gasteiger partial charge is 0.489 e. The maximum Gasteiger partial charge on any atom is 0.303 e. The number of aromatic nitrogens is 1. The number of aliphatic carboxylic acids is 1. The summed E-state index contributed by atoms with van der Waals surface area (Å²) in [5.41, 5.74) is 4.00. The first-order valence-corrected chi connectivity index (χ1v) is 10.4. The van der Waals surface area contributed by atoms with Gasteiger partial charge in [0.25, 0.3) is 0 Å². The molecule has 0 bridgehead atoms. The number of rotatable bonds is 8. The van der Waals surface area contributed by atoms with E-state index < -0.39 is 11.8 Å². The molecule has 4 rings (SSSR count). The molecule has 0 atom stereocenters. The smallest absolute Gasteiger partial charge is 0.303 e. The van der Waals surface area contributed by atoms with Gasteiger partial charge in [0.15, 0.2) is 0 Å². The molecule has 6 nitrogen and oxygen atoms in total. The van der Waals surface area contributed by atoms with Crippen molar-refractivity contribution in [3.63, 3.8) is 0 Å². The van der Waals surface area contributed by atoms with Gasteiger partial charge in [0.05, 0.1) is 12.1 Å². The summed E-state index contributed by atoms with van der Waals surface area (Å²) in [6, 6.07) is 14.0. The number of hydrogen-bond donors (Lipinski definition) is 1. The molecule has 0 aliphatic carbocycles. The summed E-state index contributed by atoms with van der Waals surface area (Å²) in [4.78, 5) is 29.5. The minimum atomic E-state index is -0.967. The molecule has 0 saturated heterocycles. The lowest BCUT2D eigenvalue weighted by molar-refractivity contribution is -0.137. The molecule has 164 valence electrons. The summed E-state index contributed by atoms with van der Waals surface area (Å²) >= 11 is 0. The summed E-state index contributed by atoms with van der Waals surface area (Å²) in [6.45, 7) is 0.798. The summed E-state index contributed by atoms with van der Waals surface area (Å²) in [6.07, 6.45) is 4.41. The Kier molecular flexibility index (Phi) is 6.44. The minimum absolute atomic E-state index is 0.00183. The van der Waals surface area contributed by atoms with Crippen molar-refractivity contribution < 1.29 is 23.8 Å². The van der Waals surface area contributed by atoms with Crippen LogP contribution in [0.15, 0.2) is 60.9 Å². The fourth-order valence-electron chi connectivity index (χ4n) is 3.90. The third kappa shape index (κ3) is 4.94. The zero-order valence-electron chi connectivity index (χ0n) is 17.5. The number of anilines is 1. The topological polar surface area (TPSA) is 79.7 Å². The average Bonchev–Trinajstić information content (AvgIpc) is 3.22. The molecule has 0 spiro atoms. The van der Waals surface area contributed by atoms with Crippen molar-refractivity contribution in [3.05, 3.63) is 89.0 Å². The summed E-state index contributed by atoms with van der Waals surface area (Å²) < 4.78 is 20.1. The zero-order valence-corrected chi connectivity index (χ0v) is 17.5. The van der Waals surface area contributed by atoms with Crippen LogP contribution in [0.2, 0.25) is 0 Å². The van der Waals surface area contributed by atoms with Gasteiger partial charge in [-0.3, -0.25) is 14.6 Å². The number of ether oxygens (including phenoxy) is 1. The van der Waals surface area contributed by atoms with E-state index in [1.807, 2.05) is 30.3 Å². The highest BCUT2D eigenvalue weighted by Gasteiger charge is 2.27. The number of carbonyl (C=O) groups excluding carboxylic acids is 1. The van der Waals surface area contributed by atoms with E-state index in [4.69, 9.17) is 9.84 Å². The number of pyridine rings is 1. The number of carboxylic acid groups (broad SMARTS) is 1. The Morgan fingerprint density at radius 2 is 2.00 bits per heavy atom. The van der Waals surface area contributed by atoms with E-state index >= 15 is 0 Å². The second-order valence-electron chi connectivity index (χ2n) is 7.69. The van der Waals surface area contributed by atoms with Crippen LogP contribution in [-0.4, -0.2) is 28.5 Å². The van der Waals surface area contributed by atoms with Gasteiger partial charge in [-0.1, -0.05) is 30.3 Å². The molecule has 2 heterocycles. The lowest BCUT2D eigenvalue weighted by atomic mass is 10.1. The van der Waals surface area contributed by atoms with Crippen molar-refractivity contribution >= 4 is 17.6 Å². The van der Waals surface area contributed by atoms with E-state index in [-0.39, 0.29) is 31.8 Å². The van der Waals surface area contributed by atoms with Crippen molar-refractivity contribution in [2.24, 2.45) is 0 Å². The van der Waals surface area contributed by atoms with E-state index in [2.05, 4.69) is 4.98 Å². The highest BCUT2D eigenvalue weighted by Crippen LogP contribution is 2.33. The summed E-state index contributed by atoms with van der Waals surface area (Å²) in [5, 5.41) is 8.77. The predicted octanol–water partition coefficient (Wildman–Crippen LogP) is 3.95. The average molecular weight is 434 g/mol. The maximum absolute atomic E-state index is 14.3. The Bertz CT molecular complexity index is 1130. The van der Waals surface area contributed by atoms with Crippen molar-refractivity contribution in [2.75, 3.05) is 11.4 Å². The van der Waals surface area contributed by atoms with Crippen LogP contribution >= 0.6 is 0 Å². The molecule has 0 radical (unpaired) electrons. The number of nitrogens with zero attached hydrogens (tertiary/aromatic N) is 2. The number of aryl methyl sites for hydroxylation is 1.